The van der Waals surface area contributed by atoms with Gasteiger partial charge in [0.05, 0.1) is 7.11 Å². The highest BCUT2D eigenvalue weighted by Gasteiger charge is 2.01. The number of carbonyl (C=O) groups excluding carboxylic acids is 1. The average Bonchev–Trinajstić information content (AvgIpc) is 2.37. The molecule has 0 fully saturated rings. The maximum atomic E-state index is 11.6. The maximum Gasteiger partial charge on any atom is 0.305 e. The van der Waals surface area contributed by atoms with E-state index in [4.69, 9.17) is 0 Å². The molecule has 0 radical (unpaired) electrons. The number of rotatable bonds is 12. The molecule has 0 N–H and O–H groups in total. The summed E-state index contributed by atoms with van der Waals surface area (Å²) in [5.74, 6) is 1.60. The van der Waals surface area contributed by atoms with Crippen LogP contribution < -0.4 is 0 Å². The average molecular weight is 276 g/mol. The first-order chi connectivity index (χ1) is 8.70. The summed E-state index contributed by atoms with van der Waals surface area (Å²) in [5, 5.41) is 0. The number of carbonyl (C=O) groups is 1. The third-order valence-electron chi connectivity index (χ3n) is 2.96. The quantitative estimate of drug-likeness (QED) is 0.405. The molecule has 3 nitrogen and oxygen atoms in total. The lowest BCUT2D eigenvalue weighted by atomic mass is 10.1. The van der Waals surface area contributed by atoms with E-state index in [1.165, 1.54) is 20.0 Å². The minimum atomic E-state index is -0.612. The van der Waals surface area contributed by atoms with E-state index >= 15 is 0 Å². The van der Waals surface area contributed by atoms with Crippen LogP contribution in [0.3, 0.4) is 0 Å². The van der Waals surface area contributed by atoms with Gasteiger partial charge < -0.3 is 4.74 Å². The standard InChI is InChI=1S/C14H28O3S/c1-3-4-9-12-18(16)13-10-7-5-6-8-11-14(15)17-2/h3-13H2,1-2H3. The van der Waals surface area contributed by atoms with Gasteiger partial charge in [0.15, 0.2) is 0 Å². The Bertz CT molecular complexity index is 229. The van der Waals surface area contributed by atoms with Crippen molar-refractivity contribution in [3.63, 3.8) is 0 Å². The molecule has 1 unspecified atom stereocenters. The molecule has 0 aromatic rings. The van der Waals surface area contributed by atoms with Crippen LogP contribution in [0.25, 0.3) is 0 Å². The van der Waals surface area contributed by atoms with E-state index in [0.29, 0.717) is 6.42 Å². The molecule has 1 atom stereocenters. The lowest BCUT2D eigenvalue weighted by Gasteiger charge is -2.02. The number of unbranched alkanes of at least 4 members (excludes halogenated alkanes) is 6. The Hall–Kier alpha value is -0.380. The third-order valence-corrected chi connectivity index (χ3v) is 4.44. The smallest absolute Gasteiger partial charge is 0.305 e. The second-order valence-electron chi connectivity index (χ2n) is 4.65. The Morgan fingerprint density at radius 1 is 0.944 bits per heavy atom. The highest BCUT2D eigenvalue weighted by Crippen LogP contribution is 2.07. The van der Waals surface area contributed by atoms with Crippen molar-refractivity contribution in [2.24, 2.45) is 0 Å². The van der Waals surface area contributed by atoms with E-state index in [1.807, 2.05) is 0 Å². The fourth-order valence-corrected chi connectivity index (χ4v) is 3.04. The van der Waals surface area contributed by atoms with Crippen LogP contribution in [0.15, 0.2) is 0 Å². The molecule has 0 aromatic carbocycles. The van der Waals surface area contributed by atoms with Crippen molar-refractivity contribution >= 4 is 16.8 Å². The minimum Gasteiger partial charge on any atom is -0.469 e. The van der Waals surface area contributed by atoms with Gasteiger partial charge in [-0.3, -0.25) is 9.00 Å². The summed E-state index contributed by atoms with van der Waals surface area (Å²) in [6, 6.07) is 0. The Morgan fingerprint density at radius 2 is 1.50 bits per heavy atom. The van der Waals surface area contributed by atoms with E-state index in [2.05, 4.69) is 11.7 Å². The van der Waals surface area contributed by atoms with Gasteiger partial charge >= 0.3 is 5.97 Å². The molecule has 0 saturated carbocycles. The van der Waals surface area contributed by atoms with Crippen LogP contribution >= 0.6 is 0 Å². The molecule has 108 valence electrons. The zero-order valence-corrected chi connectivity index (χ0v) is 12.7. The van der Waals surface area contributed by atoms with Crippen molar-refractivity contribution in [2.45, 2.75) is 64.7 Å². The molecule has 18 heavy (non-hydrogen) atoms. The minimum absolute atomic E-state index is 0.118. The Balaban J connectivity index is 3.19. The van der Waals surface area contributed by atoms with E-state index in [0.717, 1.165) is 50.0 Å². The van der Waals surface area contributed by atoms with Crippen molar-refractivity contribution in [3.05, 3.63) is 0 Å². The number of esters is 1. The van der Waals surface area contributed by atoms with E-state index in [9.17, 15) is 9.00 Å². The van der Waals surface area contributed by atoms with Gasteiger partial charge in [-0.1, -0.05) is 39.0 Å². The Labute approximate surface area is 114 Å². The summed E-state index contributed by atoms with van der Waals surface area (Å²) in [7, 11) is 0.815. The molecule has 4 heteroatoms. The number of ether oxygens (including phenoxy) is 1. The van der Waals surface area contributed by atoms with Crippen molar-refractivity contribution in [1.29, 1.82) is 0 Å². The fourth-order valence-electron chi connectivity index (χ4n) is 1.78. The van der Waals surface area contributed by atoms with E-state index in [1.54, 1.807) is 0 Å². The monoisotopic (exact) mass is 276 g/mol. The van der Waals surface area contributed by atoms with Gasteiger partial charge in [-0.25, -0.2) is 0 Å². The molecule has 0 aliphatic rings. The first kappa shape index (κ1) is 17.6. The maximum absolute atomic E-state index is 11.6. The number of methoxy groups -OCH3 is 1. The first-order valence-electron chi connectivity index (χ1n) is 7.12. The summed E-state index contributed by atoms with van der Waals surface area (Å²) in [6.45, 7) is 2.16. The zero-order valence-electron chi connectivity index (χ0n) is 11.9. The van der Waals surface area contributed by atoms with Gasteiger partial charge in [-0.15, -0.1) is 0 Å². The third kappa shape index (κ3) is 12.1. The zero-order chi connectivity index (χ0) is 13.6. The van der Waals surface area contributed by atoms with Crippen LogP contribution in [0.2, 0.25) is 0 Å². The molecule has 0 aliphatic carbocycles. The van der Waals surface area contributed by atoms with Crippen LogP contribution in [-0.4, -0.2) is 28.8 Å². The van der Waals surface area contributed by atoms with Crippen LogP contribution in [0.4, 0.5) is 0 Å². The van der Waals surface area contributed by atoms with Gasteiger partial charge in [0.2, 0.25) is 0 Å². The highest BCUT2D eigenvalue weighted by molar-refractivity contribution is 7.84. The van der Waals surface area contributed by atoms with Crippen LogP contribution in [0, 0.1) is 0 Å². The highest BCUT2D eigenvalue weighted by atomic mass is 32.2. The van der Waals surface area contributed by atoms with Gasteiger partial charge in [0, 0.05) is 28.7 Å². The van der Waals surface area contributed by atoms with Crippen molar-refractivity contribution in [2.75, 3.05) is 18.6 Å². The van der Waals surface area contributed by atoms with Gasteiger partial charge in [-0.2, -0.15) is 0 Å². The lowest BCUT2D eigenvalue weighted by molar-refractivity contribution is -0.140. The number of hydrogen-bond donors (Lipinski definition) is 0. The molecule has 0 rings (SSSR count). The normalized spacial score (nSPS) is 12.3. The van der Waals surface area contributed by atoms with Gasteiger partial charge in [0.1, 0.15) is 0 Å². The molecule has 0 heterocycles. The molecular formula is C14H28O3S. The van der Waals surface area contributed by atoms with Gasteiger partial charge in [0.25, 0.3) is 0 Å². The van der Waals surface area contributed by atoms with Crippen molar-refractivity contribution < 1.29 is 13.7 Å². The van der Waals surface area contributed by atoms with Gasteiger partial charge in [-0.05, 0) is 19.3 Å². The molecule has 0 aliphatic heterocycles. The topological polar surface area (TPSA) is 43.4 Å². The molecule has 0 saturated heterocycles. The SMILES string of the molecule is CCCCCS(=O)CCCCCCCC(=O)OC. The fraction of sp³-hybridized carbons (Fsp3) is 0.929. The summed E-state index contributed by atoms with van der Waals surface area (Å²) < 4.78 is 16.2. The predicted molar refractivity (Wildman–Crippen MR) is 77.1 cm³/mol. The van der Waals surface area contributed by atoms with Crippen molar-refractivity contribution in [1.82, 2.24) is 0 Å². The predicted octanol–water partition coefficient (Wildman–Crippen LogP) is 3.44. The molecule has 0 spiro atoms. The lowest BCUT2D eigenvalue weighted by Crippen LogP contribution is -2.03. The summed E-state index contributed by atoms with van der Waals surface area (Å²) in [4.78, 5) is 10.9. The van der Waals surface area contributed by atoms with E-state index < -0.39 is 10.8 Å². The summed E-state index contributed by atoms with van der Waals surface area (Å²) in [5.41, 5.74) is 0. The number of hydrogen-bond acceptors (Lipinski definition) is 3. The Kier molecular flexibility index (Phi) is 12.8. The largest absolute Gasteiger partial charge is 0.469 e. The van der Waals surface area contributed by atoms with Crippen LogP contribution in [0.1, 0.15) is 64.7 Å². The van der Waals surface area contributed by atoms with Crippen LogP contribution in [-0.2, 0) is 20.3 Å². The van der Waals surface area contributed by atoms with Crippen LogP contribution in [0.5, 0.6) is 0 Å². The second-order valence-corrected chi connectivity index (χ2v) is 6.35. The second kappa shape index (κ2) is 13.1. The Morgan fingerprint density at radius 3 is 2.11 bits per heavy atom. The molecule has 0 aromatic heterocycles. The molecule has 0 amide bonds. The first-order valence-corrected chi connectivity index (χ1v) is 8.61. The summed E-state index contributed by atoms with van der Waals surface area (Å²) in [6.07, 6.45) is 9.29. The molecular weight excluding hydrogens is 248 g/mol. The summed E-state index contributed by atoms with van der Waals surface area (Å²) >= 11 is 0. The molecule has 0 bridgehead atoms. The van der Waals surface area contributed by atoms with E-state index in [-0.39, 0.29) is 5.97 Å². The van der Waals surface area contributed by atoms with Crippen molar-refractivity contribution in [3.8, 4) is 0 Å².